The maximum atomic E-state index is 14.0. The Morgan fingerprint density at radius 1 is 0.958 bits per heavy atom. The lowest BCUT2D eigenvalue weighted by Gasteiger charge is -2.52. The lowest BCUT2D eigenvalue weighted by Crippen LogP contribution is -2.72. The summed E-state index contributed by atoms with van der Waals surface area (Å²) in [5.74, 6) is -11.7. The molecule has 0 radical (unpaired) electrons. The predicted octanol–water partition coefficient (Wildman–Crippen LogP) is 4.06. The van der Waals surface area contributed by atoms with Crippen molar-refractivity contribution in [3.63, 3.8) is 0 Å². The summed E-state index contributed by atoms with van der Waals surface area (Å²) in [6.45, 7) is -1.54. The summed E-state index contributed by atoms with van der Waals surface area (Å²) in [4.78, 5) is 0. The van der Waals surface area contributed by atoms with Crippen LogP contribution in [0.4, 0.5) is 26.3 Å². The Bertz CT molecular complexity index is 558. The van der Waals surface area contributed by atoms with Crippen molar-refractivity contribution in [1.29, 1.82) is 0 Å². The summed E-state index contributed by atoms with van der Waals surface area (Å²) >= 11 is 0. The molecule has 1 saturated heterocycles. The SMILES string of the molecule is CC(F)(F)C(F)(F)C(F)(F)S(=O)(O)(O)N1CCC2CCCCC2C1. The van der Waals surface area contributed by atoms with E-state index in [4.69, 9.17) is 0 Å². The van der Waals surface area contributed by atoms with E-state index in [2.05, 4.69) is 0 Å². The van der Waals surface area contributed by atoms with Crippen LogP contribution in [0.3, 0.4) is 0 Å². The van der Waals surface area contributed by atoms with Crippen LogP contribution in [0.15, 0.2) is 0 Å². The zero-order valence-corrected chi connectivity index (χ0v) is 13.8. The largest absolute Gasteiger partial charge is 0.422 e. The molecule has 0 aromatic heterocycles. The molecule has 0 aromatic carbocycles. The van der Waals surface area contributed by atoms with Crippen LogP contribution in [0.1, 0.15) is 39.0 Å². The minimum atomic E-state index is -7.53. The van der Waals surface area contributed by atoms with E-state index in [0.29, 0.717) is 6.42 Å². The first-order chi connectivity index (χ1) is 10.6. The monoisotopic (exact) mass is 385 g/mol. The van der Waals surface area contributed by atoms with Crippen molar-refractivity contribution in [1.82, 2.24) is 4.31 Å². The number of nitrogens with zero attached hydrogens (tertiary/aromatic N) is 1. The van der Waals surface area contributed by atoms with E-state index in [1.54, 1.807) is 0 Å². The molecule has 2 N–H and O–H groups in total. The highest BCUT2D eigenvalue weighted by atomic mass is 32.3. The van der Waals surface area contributed by atoms with Crippen molar-refractivity contribution in [2.24, 2.45) is 11.8 Å². The normalized spacial score (nSPS) is 29.6. The molecule has 1 aliphatic heterocycles. The standard InChI is InChI=1S/C13H21F6NO3S/c1-11(14,15)12(16,17)13(18,19)24(21,22,23)20-7-6-9-4-2-3-5-10(9)8-20/h9-10H,2-8H2,1H3,(H2,21,22,23). The quantitative estimate of drug-likeness (QED) is 0.718. The van der Waals surface area contributed by atoms with Gasteiger partial charge in [0.1, 0.15) is 0 Å². The van der Waals surface area contributed by atoms with Gasteiger partial charge in [-0.25, -0.2) is 4.21 Å². The predicted molar refractivity (Wildman–Crippen MR) is 75.6 cm³/mol. The molecule has 144 valence electrons. The van der Waals surface area contributed by atoms with Crippen LogP contribution in [-0.2, 0) is 9.81 Å². The highest BCUT2D eigenvalue weighted by molar-refractivity contribution is 8.09. The van der Waals surface area contributed by atoms with Crippen LogP contribution < -0.4 is 0 Å². The maximum absolute atomic E-state index is 14.0. The fourth-order valence-corrected chi connectivity index (χ4v) is 5.36. The second-order valence-corrected chi connectivity index (χ2v) is 9.47. The summed E-state index contributed by atoms with van der Waals surface area (Å²) in [5.41, 5.74) is 0. The van der Waals surface area contributed by atoms with E-state index in [1.807, 2.05) is 0 Å². The lowest BCUT2D eigenvalue weighted by molar-refractivity contribution is -0.278. The van der Waals surface area contributed by atoms with Crippen molar-refractivity contribution >= 4 is 9.81 Å². The van der Waals surface area contributed by atoms with Gasteiger partial charge in [0.25, 0.3) is 0 Å². The molecule has 2 atom stereocenters. The zero-order valence-electron chi connectivity index (χ0n) is 13.0. The summed E-state index contributed by atoms with van der Waals surface area (Å²) in [6, 6.07) is 0. The molecule has 1 saturated carbocycles. The fourth-order valence-electron chi connectivity index (χ4n) is 3.51. The molecule has 0 bridgehead atoms. The van der Waals surface area contributed by atoms with E-state index in [1.165, 1.54) is 0 Å². The van der Waals surface area contributed by atoms with Crippen molar-refractivity contribution < 1.29 is 39.7 Å². The second-order valence-electron chi connectivity index (χ2n) is 6.79. The number of halogens is 6. The van der Waals surface area contributed by atoms with Gasteiger partial charge >= 0.3 is 17.1 Å². The van der Waals surface area contributed by atoms with Crippen molar-refractivity contribution in [2.75, 3.05) is 13.1 Å². The summed E-state index contributed by atoms with van der Waals surface area (Å²) in [5, 5.41) is -6.23. The number of hydrogen-bond acceptors (Lipinski definition) is 1. The summed E-state index contributed by atoms with van der Waals surface area (Å²) in [6.07, 6.45) is 3.13. The Morgan fingerprint density at radius 3 is 1.96 bits per heavy atom. The Hall–Kier alpha value is -0.390. The molecule has 0 amide bonds. The van der Waals surface area contributed by atoms with E-state index in [9.17, 15) is 39.7 Å². The van der Waals surface area contributed by atoms with Crippen molar-refractivity contribution in [2.45, 2.75) is 56.1 Å². The van der Waals surface area contributed by atoms with Gasteiger partial charge in [-0.2, -0.15) is 30.6 Å². The van der Waals surface area contributed by atoms with Crippen LogP contribution in [-0.4, -0.2) is 47.8 Å². The van der Waals surface area contributed by atoms with E-state index >= 15 is 0 Å². The van der Waals surface area contributed by atoms with E-state index < -0.39 is 46.9 Å². The maximum Gasteiger partial charge on any atom is 0.422 e. The minimum Gasteiger partial charge on any atom is -0.292 e. The Balaban J connectivity index is 2.37. The average molecular weight is 385 g/mol. The van der Waals surface area contributed by atoms with Gasteiger partial charge in [-0.05, 0) is 24.7 Å². The number of alkyl halides is 6. The molecule has 4 nitrogen and oxygen atoms in total. The molecule has 0 spiro atoms. The van der Waals surface area contributed by atoms with E-state index in [0.717, 1.165) is 19.3 Å². The molecule has 24 heavy (non-hydrogen) atoms. The molecule has 1 aliphatic carbocycles. The van der Waals surface area contributed by atoms with E-state index in [-0.39, 0.29) is 22.6 Å². The van der Waals surface area contributed by atoms with Gasteiger partial charge in [0.05, 0.1) is 0 Å². The molecule has 11 heteroatoms. The lowest BCUT2D eigenvalue weighted by atomic mass is 9.76. The third-order valence-electron chi connectivity index (χ3n) is 5.08. The first-order valence-electron chi connectivity index (χ1n) is 7.65. The number of fused-ring (bicyclic) bond motifs is 1. The van der Waals surface area contributed by atoms with Gasteiger partial charge in [-0.1, -0.05) is 19.3 Å². The Morgan fingerprint density at radius 2 is 1.46 bits per heavy atom. The van der Waals surface area contributed by atoms with Crippen LogP contribution in [0.5, 0.6) is 0 Å². The summed E-state index contributed by atoms with van der Waals surface area (Å²) < 4.78 is 113. The van der Waals surface area contributed by atoms with Gasteiger partial charge in [0.15, 0.2) is 0 Å². The van der Waals surface area contributed by atoms with Crippen molar-refractivity contribution in [3.8, 4) is 0 Å². The number of rotatable bonds is 4. The highest BCUT2D eigenvalue weighted by Crippen LogP contribution is 2.56. The first-order valence-corrected chi connectivity index (χ1v) is 9.49. The zero-order chi connectivity index (χ0) is 18.6. The second kappa shape index (κ2) is 5.55. The third-order valence-corrected chi connectivity index (χ3v) is 7.50. The molecule has 2 rings (SSSR count). The summed E-state index contributed by atoms with van der Waals surface area (Å²) in [7, 11) is -7.53. The minimum absolute atomic E-state index is 0.0245. The van der Waals surface area contributed by atoms with Gasteiger partial charge in [-0.15, -0.1) is 0 Å². The molecule has 2 unspecified atom stereocenters. The van der Waals surface area contributed by atoms with Gasteiger partial charge in [0.2, 0.25) is 9.81 Å². The molecule has 1 heterocycles. The third kappa shape index (κ3) is 2.77. The first kappa shape index (κ1) is 19.9. The van der Waals surface area contributed by atoms with Crippen LogP contribution in [0.2, 0.25) is 0 Å². The smallest absolute Gasteiger partial charge is 0.292 e. The topological polar surface area (TPSA) is 60.8 Å². The van der Waals surface area contributed by atoms with Crippen LogP contribution in [0.25, 0.3) is 0 Å². The number of hydrogen-bond donors (Lipinski definition) is 2. The molecular weight excluding hydrogens is 364 g/mol. The van der Waals surface area contributed by atoms with Gasteiger partial charge in [-0.3, -0.25) is 9.11 Å². The van der Waals surface area contributed by atoms with Crippen molar-refractivity contribution in [3.05, 3.63) is 0 Å². The molecule has 0 aromatic rings. The Labute approximate surface area is 135 Å². The van der Waals surface area contributed by atoms with Crippen LogP contribution in [0, 0.1) is 11.8 Å². The molecule has 2 aliphatic rings. The molecular formula is C13H21F6NO3S. The van der Waals surface area contributed by atoms with Crippen LogP contribution >= 0.6 is 0 Å². The number of piperidine rings is 1. The fraction of sp³-hybridized carbons (Fsp3) is 1.00. The Kier molecular flexibility index (Phi) is 4.61. The van der Waals surface area contributed by atoms with Gasteiger partial charge < -0.3 is 0 Å². The highest BCUT2D eigenvalue weighted by Gasteiger charge is 2.81. The van der Waals surface area contributed by atoms with Gasteiger partial charge in [0, 0.05) is 20.0 Å². The average Bonchev–Trinajstić information content (AvgIpc) is 2.44. The molecule has 2 fully saturated rings.